The van der Waals surface area contributed by atoms with Gasteiger partial charge in [-0.05, 0) is 65.7 Å². The maximum Gasteiger partial charge on any atom is 0.330 e. The third-order valence-electron chi connectivity index (χ3n) is 2.81. The van der Waals surface area contributed by atoms with Crippen LogP contribution in [-0.4, -0.2) is 12.6 Å². The summed E-state index contributed by atoms with van der Waals surface area (Å²) in [6.45, 7) is 4.14. The molecule has 0 aliphatic heterocycles. The van der Waals surface area contributed by atoms with Crippen molar-refractivity contribution < 1.29 is 13.9 Å². The maximum atomic E-state index is 11.3. The fourth-order valence-corrected chi connectivity index (χ4v) is 2.87. The van der Waals surface area contributed by atoms with Crippen LogP contribution in [0.25, 0.3) is 17.4 Å². The Morgan fingerprint density at radius 2 is 2.10 bits per heavy atom. The summed E-state index contributed by atoms with van der Waals surface area (Å²) in [5.74, 6) is 0.946. The van der Waals surface area contributed by atoms with E-state index in [-0.39, 0.29) is 5.97 Å². The molecule has 0 aliphatic rings. The monoisotopic (exact) mass is 412 g/mol. The first kappa shape index (κ1) is 16.0. The molecule has 0 amide bonds. The average Bonchev–Trinajstić information content (AvgIpc) is 2.78. The summed E-state index contributed by atoms with van der Waals surface area (Å²) in [5.41, 5.74) is 2.10. The van der Waals surface area contributed by atoms with E-state index in [0.717, 1.165) is 25.8 Å². The van der Waals surface area contributed by atoms with Crippen molar-refractivity contribution in [2.24, 2.45) is 0 Å². The highest BCUT2D eigenvalue weighted by molar-refractivity contribution is 9.10. The molecular weight excluding hydrogens is 400 g/mol. The molecule has 0 atom stereocenters. The van der Waals surface area contributed by atoms with Gasteiger partial charge in [0.25, 0.3) is 0 Å². The molecule has 21 heavy (non-hydrogen) atoms. The molecule has 1 aromatic heterocycles. The van der Waals surface area contributed by atoms with E-state index in [2.05, 4.69) is 31.9 Å². The molecule has 2 rings (SSSR count). The highest BCUT2D eigenvalue weighted by Gasteiger charge is 2.12. The second-order valence-corrected chi connectivity index (χ2v) is 6.14. The SMILES string of the molecule is CCOC(=O)/C=C/c1cc(Br)c(-c2ccc(Br)cc2C)o1. The number of aryl methyl sites for hydroxylation is 1. The number of hydrogen-bond donors (Lipinski definition) is 0. The first-order valence-corrected chi connectivity index (χ1v) is 8.00. The summed E-state index contributed by atoms with van der Waals surface area (Å²) in [7, 11) is 0. The zero-order chi connectivity index (χ0) is 15.4. The van der Waals surface area contributed by atoms with Gasteiger partial charge in [-0.3, -0.25) is 0 Å². The maximum absolute atomic E-state index is 11.3. The molecule has 5 heteroatoms. The summed E-state index contributed by atoms with van der Waals surface area (Å²) in [6, 6.07) is 7.80. The second-order valence-electron chi connectivity index (χ2n) is 4.37. The molecule has 0 fully saturated rings. The Morgan fingerprint density at radius 3 is 2.76 bits per heavy atom. The van der Waals surface area contributed by atoms with Crippen LogP contribution in [0.15, 0.2) is 43.7 Å². The zero-order valence-electron chi connectivity index (χ0n) is 11.7. The third-order valence-corrected chi connectivity index (χ3v) is 3.89. The highest BCUT2D eigenvalue weighted by atomic mass is 79.9. The van der Waals surface area contributed by atoms with Crippen molar-refractivity contribution in [2.45, 2.75) is 13.8 Å². The first-order valence-electron chi connectivity index (χ1n) is 6.42. The molecule has 0 N–H and O–H groups in total. The van der Waals surface area contributed by atoms with Crippen LogP contribution >= 0.6 is 31.9 Å². The Morgan fingerprint density at radius 1 is 1.33 bits per heavy atom. The predicted octanol–water partition coefficient (Wildman–Crippen LogP) is 5.36. The van der Waals surface area contributed by atoms with Gasteiger partial charge in [-0.25, -0.2) is 4.79 Å². The minimum Gasteiger partial charge on any atom is -0.463 e. The van der Waals surface area contributed by atoms with Crippen molar-refractivity contribution in [1.29, 1.82) is 0 Å². The molecule has 0 saturated heterocycles. The number of carbonyl (C=O) groups excluding carboxylic acids is 1. The topological polar surface area (TPSA) is 39.4 Å². The van der Waals surface area contributed by atoms with Crippen LogP contribution in [0.3, 0.4) is 0 Å². The molecule has 0 saturated carbocycles. The molecule has 2 aromatic rings. The van der Waals surface area contributed by atoms with Gasteiger partial charge in [-0.1, -0.05) is 15.9 Å². The Bertz CT molecular complexity index is 687. The van der Waals surface area contributed by atoms with Crippen LogP contribution in [0, 0.1) is 6.92 Å². The van der Waals surface area contributed by atoms with Gasteiger partial charge in [-0.2, -0.15) is 0 Å². The lowest BCUT2D eigenvalue weighted by molar-refractivity contribution is -0.137. The lowest BCUT2D eigenvalue weighted by Gasteiger charge is -2.03. The van der Waals surface area contributed by atoms with E-state index in [0.29, 0.717) is 12.4 Å². The van der Waals surface area contributed by atoms with Gasteiger partial charge in [0.05, 0.1) is 11.1 Å². The number of benzene rings is 1. The van der Waals surface area contributed by atoms with Crippen molar-refractivity contribution in [3.05, 3.63) is 50.6 Å². The number of esters is 1. The molecule has 110 valence electrons. The normalized spacial score (nSPS) is 11.0. The van der Waals surface area contributed by atoms with Gasteiger partial charge < -0.3 is 9.15 Å². The number of rotatable bonds is 4. The van der Waals surface area contributed by atoms with Crippen molar-refractivity contribution in [3.8, 4) is 11.3 Å². The predicted molar refractivity (Wildman–Crippen MR) is 89.9 cm³/mol. The van der Waals surface area contributed by atoms with Gasteiger partial charge in [0.15, 0.2) is 0 Å². The smallest absolute Gasteiger partial charge is 0.330 e. The van der Waals surface area contributed by atoms with Crippen molar-refractivity contribution >= 4 is 43.9 Å². The van der Waals surface area contributed by atoms with Gasteiger partial charge in [0.1, 0.15) is 11.5 Å². The Kier molecular flexibility index (Phi) is 5.42. The molecule has 3 nitrogen and oxygen atoms in total. The van der Waals surface area contributed by atoms with Crippen molar-refractivity contribution in [3.63, 3.8) is 0 Å². The van der Waals surface area contributed by atoms with Crippen LogP contribution in [0.5, 0.6) is 0 Å². The number of carbonyl (C=O) groups is 1. The quantitative estimate of drug-likeness (QED) is 0.500. The average molecular weight is 414 g/mol. The summed E-state index contributed by atoms with van der Waals surface area (Å²) < 4.78 is 12.5. The molecule has 0 bridgehead atoms. The Balaban J connectivity index is 2.29. The summed E-state index contributed by atoms with van der Waals surface area (Å²) in [5, 5.41) is 0. The van der Waals surface area contributed by atoms with Gasteiger partial charge >= 0.3 is 5.97 Å². The molecule has 0 spiro atoms. The van der Waals surface area contributed by atoms with E-state index in [1.807, 2.05) is 31.2 Å². The minimum absolute atomic E-state index is 0.356. The molecule has 0 aliphatic carbocycles. The third kappa shape index (κ3) is 4.08. The van der Waals surface area contributed by atoms with E-state index >= 15 is 0 Å². The standard InChI is InChI=1S/C16H14Br2O3/c1-3-20-15(19)7-5-12-9-14(18)16(21-12)13-6-4-11(17)8-10(13)2/h4-9H,3H2,1-2H3/b7-5+. The van der Waals surface area contributed by atoms with Crippen LogP contribution in [0.1, 0.15) is 18.2 Å². The Labute approximate surface area is 140 Å². The molecular formula is C16H14Br2O3. The number of hydrogen-bond acceptors (Lipinski definition) is 3. The van der Waals surface area contributed by atoms with E-state index in [1.54, 1.807) is 13.0 Å². The Hall–Kier alpha value is -1.33. The lowest BCUT2D eigenvalue weighted by atomic mass is 10.1. The fraction of sp³-hybridized carbons (Fsp3) is 0.188. The molecule has 0 unspecified atom stereocenters. The van der Waals surface area contributed by atoms with Gasteiger partial charge in [-0.15, -0.1) is 0 Å². The van der Waals surface area contributed by atoms with Gasteiger partial charge in [0, 0.05) is 16.1 Å². The van der Waals surface area contributed by atoms with Crippen molar-refractivity contribution in [2.75, 3.05) is 6.61 Å². The summed E-state index contributed by atoms with van der Waals surface area (Å²) in [6.07, 6.45) is 2.95. The van der Waals surface area contributed by atoms with E-state index in [4.69, 9.17) is 9.15 Å². The van der Waals surface area contributed by atoms with Crippen molar-refractivity contribution in [1.82, 2.24) is 0 Å². The summed E-state index contributed by atoms with van der Waals surface area (Å²) >= 11 is 6.93. The lowest BCUT2D eigenvalue weighted by Crippen LogP contribution is -1.98. The summed E-state index contributed by atoms with van der Waals surface area (Å²) in [4.78, 5) is 11.3. The number of ether oxygens (including phenoxy) is 1. The first-order chi connectivity index (χ1) is 10.0. The van der Waals surface area contributed by atoms with Crippen LogP contribution in [-0.2, 0) is 9.53 Å². The van der Waals surface area contributed by atoms with Crippen LogP contribution in [0.2, 0.25) is 0 Å². The largest absolute Gasteiger partial charge is 0.463 e. The van der Waals surface area contributed by atoms with E-state index in [9.17, 15) is 4.79 Å². The fourth-order valence-electron chi connectivity index (χ4n) is 1.87. The van der Waals surface area contributed by atoms with E-state index in [1.165, 1.54) is 6.08 Å². The molecule has 0 radical (unpaired) electrons. The number of furan rings is 1. The molecule has 1 aromatic carbocycles. The zero-order valence-corrected chi connectivity index (χ0v) is 14.8. The van der Waals surface area contributed by atoms with Gasteiger partial charge in [0.2, 0.25) is 0 Å². The highest BCUT2D eigenvalue weighted by Crippen LogP contribution is 2.35. The second kappa shape index (κ2) is 7.09. The number of halogens is 2. The van der Waals surface area contributed by atoms with Crippen LogP contribution in [0.4, 0.5) is 0 Å². The minimum atomic E-state index is -0.383. The molecule has 1 heterocycles. The van der Waals surface area contributed by atoms with Crippen LogP contribution < -0.4 is 0 Å². The van der Waals surface area contributed by atoms with E-state index < -0.39 is 0 Å².